The molecule has 0 saturated carbocycles. The first kappa shape index (κ1) is 11.5. The standard InChI is InChI=1S/C13H10BrNO3/c14-11-6-9-7(2-1-3-10(9)18-11)8-4-5-12(16)15-13(8)17/h1-3,6,8H,4-5H2,(H,15,16,17). The summed E-state index contributed by atoms with van der Waals surface area (Å²) >= 11 is 3.29. The third-order valence-electron chi connectivity index (χ3n) is 3.18. The highest BCUT2D eigenvalue weighted by molar-refractivity contribution is 9.10. The molecule has 0 spiro atoms. The van der Waals surface area contributed by atoms with Gasteiger partial charge in [-0.3, -0.25) is 14.9 Å². The number of fused-ring (bicyclic) bond motifs is 1. The maximum atomic E-state index is 11.9. The van der Waals surface area contributed by atoms with E-state index in [9.17, 15) is 9.59 Å². The highest BCUT2D eigenvalue weighted by Gasteiger charge is 2.29. The Hall–Kier alpha value is -1.62. The third kappa shape index (κ3) is 1.84. The second-order valence-corrected chi connectivity index (χ2v) is 5.09. The molecule has 1 fully saturated rings. The molecule has 1 saturated heterocycles. The summed E-state index contributed by atoms with van der Waals surface area (Å²) in [6.45, 7) is 0. The van der Waals surface area contributed by atoms with E-state index in [1.54, 1.807) is 0 Å². The molecule has 1 N–H and O–H groups in total. The topological polar surface area (TPSA) is 59.3 Å². The molecule has 5 heteroatoms. The van der Waals surface area contributed by atoms with Crippen LogP contribution < -0.4 is 5.32 Å². The van der Waals surface area contributed by atoms with Crippen LogP contribution in [0.2, 0.25) is 0 Å². The summed E-state index contributed by atoms with van der Waals surface area (Å²) in [4.78, 5) is 23.0. The molecule has 0 aliphatic carbocycles. The molecule has 0 radical (unpaired) electrons. The fraction of sp³-hybridized carbons (Fsp3) is 0.231. The Balaban J connectivity index is 2.08. The van der Waals surface area contributed by atoms with Crippen molar-refractivity contribution in [3.8, 4) is 0 Å². The molecule has 92 valence electrons. The molecule has 0 bridgehead atoms. The fourth-order valence-corrected chi connectivity index (χ4v) is 2.75. The maximum absolute atomic E-state index is 11.9. The van der Waals surface area contributed by atoms with E-state index in [-0.39, 0.29) is 17.7 Å². The van der Waals surface area contributed by atoms with E-state index >= 15 is 0 Å². The normalized spacial score (nSPS) is 20.2. The smallest absolute Gasteiger partial charge is 0.234 e. The van der Waals surface area contributed by atoms with E-state index in [1.807, 2.05) is 24.3 Å². The first-order valence-electron chi connectivity index (χ1n) is 5.67. The van der Waals surface area contributed by atoms with Crippen molar-refractivity contribution in [3.63, 3.8) is 0 Å². The predicted octanol–water partition coefficient (Wildman–Crippen LogP) is 2.72. The Labute approximate surface area is 111 Å². The molecular weight excluding hydrogens is 298 g/mol. The number of rotatable bonds is 1. The van der Waals surface area contributed by atoms with Crippen molar-refractivity contribution in [3.05, 3.63) is 34.5 Å². The van der Waals surface area contributed by atoms with Gasteiger partial charge < -0.3 is 4.42 Å². The zero-order valence-electron chi connectivity index (χ0n) is 9.40. The summed E-state index contributed by atoms with van der Waals surface area (Å²) in [6.07, 6.45) is 0.929. The Morgan fingerprint density at radius 1 is 1.33 bits per heavy atom. The minimum atomic E-state index is -0.282. The van der Waals surface area contributed by atoms with Crippen LogP contribution in [0.25, 0.3) is 11.0 Å². The zero-order valence-corrected chi connectivity index (χ0v) is 11.0. The summed E-state index contributed by atoms with van der Waals surface area (Å²) in [5, 5.41) is 3.29. The molecule has 3 rings (SSSR count). The number of carbonyl (C=O) groups excluding carboxylic acids is 2. The number of furan rings is 1. The lowest BCUT2D eigenvalue weighted by Crippen LogP contribution is -2.39. The number of amides is 2. The molecule has 1 atom stereocenters. The quantitative estimate of drug-likeness (QED) is 0.824. The molecule has 1 aliphatic rings. The highest BCUT2D eigenvalue weighted by atomic mass is 79.9. The van der Waals surface area contributed by atoms with Gasteiger partial charge in [-0.15, -0.1) is 0 Å². The Bertz CT molecular complexity index is 647. The Morgan fingerprint density at radius 3 is 2.94 bits per heavy atom. The molecule has 1 aromatic heterocycles. The minimum absolute atomic E-state index is 0.197. The van der Waals surface area contributed by atoms with E-state index in [0.29, 0.717) is 17.5 Å². The SMILES string of the molecule is O=C1CCC(c2cccc3oc(Br)cc23)C(=O)N1. The van der Waals surface area contributed by atoms with Crippen molar-refractivity contribution in [2.24, 2.45) is 0 Å². The van der Waals surface area contributed by atoms with Gasteiger partial charge in [0.2, 0.25) is 11.8 Å². The van der Waals surface area contributed by atoms with Crippen LogP contribution in [0, 0.1) is 0 Å². The van der Waals surface area contributed by atoms with Crippen molar-refractivity contribution in [2.75, 3.05) is 0 Å². The predicted molar refractivity (Wildman–Crippen MR) is 69.0 cm³/mol. The maximum Gasteiger partial charge on any atom is 0.234 e. The molecule has 2 amide bonds. The van der Waals surface area contributed by atoms with Gasteiger partial charge in [-0.05, 0) is 40.0 Å². The highest BCUT2D eigenvalue weighted by Crippen LogP contribution is 2.33. The molecule has 2 aromatic rings. The zero-order chi connectivity index (χ0) is 12.7. The molecular formula is C13H10BrNO3. The summed E-state index contributed by atoms with van der Waals surface area (Å²) in [5.41, 5.74) is 1.65. The average molecular weight is 308 g/mol. The van der Waals surface area contributed by atoms with E-state index in [1.165, 1.54) is 0 Å². The van der Waals surface area contributed by atoms with Crippen LogP contribution in [0.1, 0.15) is 24.3 Å². The first-order valence-corrected chi connectivity index (χ1v) is 6.46. The minimum Gasteiger partial charge on any atom is -0.449 e. The van der Waals surface area contributed by atoms with Crippen LogP contribution in [0.3, 0.4) is 0 Å². The molecule has 18 heavy (non-hydrogen) atoms. The largest absolute Gasteiger partial charge is 0.449 e. The van der Waals surface area contributed by atoms with Crippen molar-refractivity contribution in [1.29, 1.82) is 0 Å². The monoisotopic (exact) mass is 307 g/mol. The van der Waals surface area contributed by atoms with Gasteiger partial charge in [-0.2, -0.15) is 0 Å². The van der Waals surface area contributed by atoms with E-state index in [0.717, 1.165) is 16.5 Å². The van der Waals surface area contributed by atoms with Crippen LogP contribution in [-0.2, 0) is 9.59 Å². The van der Waals surface area contributed by atoms with Crippen LogP contribution in [0.4, 0.5) is 0 Å². The number of piperidine rings is 1. The van der Waals surface area contributed by atoms with Gasteiger partial charge in [0.25, 0.3) is 0 Å². The number of hydrogen-bond donors (Lipinski definition) is 1. The molecule has 2 heterocycles. The first-order chi connectivity index (χ1) is 8.65. The second kappa shape index (κ2) is 4.24. The number of hydrogen-bond acceptors (Lipinski definition) is 3. The number of benzene rings is 1. The molecule has 4 nitrogen and oxygen atoms in total. The summed E-state index contributed by atoms with van der Waals surface area (Å²) in [5.74, 6) is -0.705. The summed E-state index contributed by atoms with van der Waals surface area (Å²) in [6, 6.07) is 7.48. The van der Waals surface area contributed by atoms with Gasteiger partial charge in [-0.1, -0.05) is 12.1 Å². The lowest BCUT2D eigenvalue weighted by molar-refractivity contribution is -0.134. The lowest BCUT2D eigenvalue weighted by Gasteiger charge is -2.21. The number of nitrogens with one attached hydrogen (secondary N) is 1. The van der Waals surface area contributed by atoms with Gasteiger partial charge in [0.1, 0.15) is 5.58 Å². The van der Waals surface area contributed by atoms with Gasteiger partial charge in [-0.25, -0.2) is 0 Å². The van der Waals surface area contributed by atoms with Gasteiger partial charge >= 0.3 is 0 Å². The molecule has 1 aromatic carbocycles. The van der Waals surface area contributed by atoms with E-state index < -0.39 is 0 Å². The van der Waals surface area contributed by atoms with E-state index in [4.69, 9.17) is 4.42 Å². The fourth-order valence-electron chi connectivity index (χ4n) is 2.35. The summed E-state index contributed by atoms with van der Waals surface area (Å²) in [7, 11) is 0. The van der Waals surface area contributed by atoms with Gasteiger partial charge in [0.15, 0.2) is 4.67 Å². The van der Waals surface area contributed by atoms with Crippen LogP contribution >= 0.6 is 15.9 Å². The molecule has 1 aliphatic heterocycles. The Morgan fingerprint density at radius 2 is 2.17 bits per heavy atom. The van der Waals surface area contributed by atoms with Crippen LogP contribution in [-0.4, -0.2) is 11.8 Å². The van der Waals surface area contributed by atoms with Crippen molar-refractivity contribution < 1.29 is 14.0 Å². The lowest BCUT2D eigenvalue weighted by atomic mass is 9.88. The second-order valence-electron chi connectivity index (χ2n) is 4.31. The van der Waals surface area contributed by atoms with Crippen molar-refractivity contribution in [2.45, 2.75) is 18.8 Å². The Kier molecular flexibility index (Phi) is 2.70. The number of carbonyl (C=O) groups is 2. The van der Waals surface area contributed by atoms with Gasteiger partial charge in [0, 0.05) is 11.8 Å². The van der Waals surface area contributed by atoms with Gasteiger partial charge in [0.05, 0.1) is 5.92 Å². The van der Waals surface area contributed by atoms with Crippen molar-refractivity contribution in [1.82, 2.24) is 5.32 Å². The third-order valence-corrected chi connectivity index (χ3v) is 3.57. The van der Waals surface area contributed by atoms with Crippen LogP contribution in [0.5, 0.6) is 0 Å². The van der Waals surface area contributed by atoms with Crippen LogP contribution in [0.15, 0.2) is 33.4 Å². The summed E-state index contributed by atoms with van der Waals surface area (Å²) < 4.78 is 6.11. The molecule has 1 unspecified atom stereocenters. The van der Waals surface area contributed by atoms with Crippen molar-refractivity contribution >= 4 is 38.7 Å². The van der Waals surface area contributed by atoms with E-state index in [2.05, 4.69) is 21.2 Å². The average Bonchev–Trinajstić information content (AvgIpc) is 2.69. The number of imide groups is 1. The number of halogens is 1.